The van der Waals surface area contributed by atoms with Crippen molar-refractivity contribution >= 4 is 26.9 Å². The molecule has 1 N–H and O–H groups in total. The van der Waals surface area contributed by atoms with Crippen LogP contribution >= 0.6 is 15.9 Å². The standard InChI is InChI=1S/C11H9BrO2/c1-2-3-7-4-8-5-11(12)14-10(8)6-9(7)13/h2,4-6,13H,1,3H2. The SMILES string of the molecule is C=CCc1cc2cc(Br)oc2cc1O. The summed E-state index contributed by atoms with van der Waals surface area (Å²) in [6.45, 7) is 3.64. The molecule has 14 heavy (non-hydrogen) atoms. The molecule has 0 radical (unpaired) electrons. The minimum Gasteiger partial charge on any atom is -0.508 e. The second-order valence-corrected chi connectivity index (χ2v) is 3.84. The van der Waals surface area contributed by atoms with Gasteiger partial charge in [-0.1, -0.05) is 6.08 Å². The molecule has 0 amide bonds. The summed E-state index contributed by atoms with van der Waals surface area (Å²) >= 11 is 3.24. The van der Waals surface area contributed by atoms with Crippen molar-refractivity contribution in [3.63, 3.8) is 0 Å². The Kier molecular flexibility index (Phi) is 2.33. The first-order chi connectivity index (χ1) is 6.70. The summed E-state index contributed by atoms with van der Waals surface area (Å²) in [5.41, 5.74) is 1.54. The fraction of sp³-hybridized carbons (Fsp3) is 0.0909. The molecular weight excluding hydrogens is 244 g/mol. The van der Waals surface area contributed by atoms with Gasteiger partial charge in [-0.2, -0.15) is 0 Å². The molecule has 1 aromatic heterocycles. The van der Waals surface area contributed by atoms with Gasteiger partial charge in [0.15, 0.2) is 4.67 Å². The third-order valence-electron chi connectivity index (χ3n) is 2.05. The van der Waals surface area contributed by atoms with Gasteiger partial charge in [0, 0.05) is 11.5 Å². The Labute approximate surface area is 90.0 Å². The van der Waals surface area contributed by atoms with Crippen LogP contribution in [0.5, 0.6) is 5.75 Å². The lowest BCUT2D eigenvalue weighted by molar-refractivity contribution is 0.468. The number of allylic oxidation sites excluding steroid dienone is 1. The second-order valence-electron chi connectivity index (χ2n) is 3.06. The molecule has 3 heteroatoms. The number of hydrogen-bond acceptors (Lipinski definition) is 2. The lowest BCUT2D eigenvalue weighted by atomic mass is 10.1. The number of furan rings is 1. The minimum absolute atomic E-state index is 0.249. The lowest BCUT2D eigenvalue weighted by Crippen LogP contribution is -1.81. The number of benzene rings is 1. The van der Waals surface area contributed by atoms with Gasteiger partial charge in [-0.05, 0) is 40.0 Å². The molecule has 2 rings (SSSR count). The number of fused-ring (bicyclic) bond motifs is 1. The van der Waals surface area contributed by atoms with E-state index in [1.54, 1.807) is 12.1 Å². The van der Waals surface area contributed by atoms with E-state index in [9.17, 15) is 5.11 Å². The van der Waals surface area contributed by atoms with Crippen molar-refractivity contribution in [1.29, 1.82) is 0 Å². The molecule has 0 aliphatic rings. The Morgan fingerprint density at radius 1 is 1.43 bits per heavy atom. The quantitative estimate of drug-likeness (QED) is 0.829. The summed E-state index contributed by atoms with van der Waals surface area (Å²) in [4.78, 5) is 0. The van der Waals surface area contributed by atoms with Crippen LogP contribution in [0.15, 0.2) is 39.9 Å². The molecule has 72 valence electrons. The average Bonchev–Trinajstić information content (AvgIpc) is 2.45. The van der Waals surface area contributed by atoms with E-state index >= 15 is 0 Å². The van der Waals surface area contributed by atoms with E-state index in [1.807, 2.05) is 12.1 Å². The number of aromatic hydroxyl groups is 1. The largest absolute Gasteiger partial charge is 0.508 e. The highest BCUT2D eigenvalue weighted by Crippen LogP contribution is 2.29. The first-order valence-electron chi connectivity index (χ1n) is 4.22. The summed E-state index contributed by atoms with van der Waals surface area (Å²) in [6.07, 6.45) is 2.42. The van der Waals surface area contributed by atoms with Gasteiger partial charge in [-0.15, -0.1) is 6.58 Å². The fourth-order valence-electron chi connectivity index (χ4n) is 1.41. The van der Waals surface area contributed by atoms with Crippen molar-refractivity contribution in [3.8, 4) is 5.75 Å². The van der Waals surface area contributed by atoms with Crippen LogP contribution in [0.3, 0.4) is 0 Å². The summed E-state index contributed by atoms with van der Waals surface area (Å²) < 4.78 is 5.98. The Bertz CT molecular complexity index is 485. The van der Waals surface area contributed by atoms with E-state index in [0.717, 1.165) is 10.9 Å². The summed E-state index contributed by atoms with van der Waals surface area (Å²) in [7, 11) is 0. The molecule has 1 heterocycles. The molecular formula is C11H9BrO2. The summed E-state index contributed by atoms with van der Waals surface area (Å²) in [5, 5.41) is 10.6. The van der Waals surface area contributed by atoms with E-state index in [-0.39, 0.29) is 5.75 Å². The molecule has 0 unspecified atom stereocenters. The van der Waals surface area contributed by atoms with Crippen LogP contribution < -0.4 is 0 Å². The van der Waals surface area contributed by atoms with Crippen LogP contribution in [0.25, 0.3) is 11.0 Å². The number of rotatable bonds is 2. The molecule has 1 aromatic carbocycles. The van der Waals surface area contributed by atoms with Gasteiger partial charge in [0.25, 0.3) is 0 Å². The lowest BCUT2D eigenvalue weighted by Gasteiger charge is -2.00. The van der Waals surface area contributed by atoms with Crippen LogP contribution in [0.4, 0.5) is 0 Å². The van der Waals surface area contributed by atoms with Crippen molar-refractivity contribution in [1.82, 2.24) is 0 Å². The molecule has 2 nitrogen and oxygen atoms in total. The maximum atomic E-state index is 9.63. The van der Waals surface area contributed by atoms with E-state index in [1.165, 1.54) is 0 Å². The maximum absolute atomic E-state index is 9.63. The first-order valence-corrected chi connectivity index (χ1v) is 5.02. The zero-order chi connectivity index (χ0) is 10.1. The first kappa shape index (κ1) is 9.34. The minimum atomic E-state index is 0.249. The Morgan fingerprint density at radius 3 is 2.93 bits per heavy atom. The van der Waals surface area contributed by atoms with Gasteiger partial charge in [0.05, 0.1) is 0 Å². The van der Waals surface area contributed by atoms with Gasteiger partial charge in [-0.3, -0.25) is 0 Å². The summed E-state index contributed by atoms with van der Waals surface area (Å²) in [6, 6.07) is 5.40. The predicted octanol–water partition coefficient (Wildman–Crippen LogP) is 3.63. The van der Waals surface area contributed by atoms with Crippen molar-refractivity contribution in [2.45, 2.75) is 6.42 Å². The highest BCUT2D eigenvalue weighted by atomic mass is 79.9. The van der Waals surface area contributed by atoms with Crippen molar-refractivity contribution in [2.75, 3.05) is 0 Å². The number of halogens is 1. The zero-order valence-electron chi connectivity index (χ0n) is 7.46. The number of phenols is 1. The molecule has 0 atom stereocenters. The molecule has 0 spiro atoms. The zero-order valence-corrected chi connectivity index (χ0v) is 9.04. The van der Waals surface area contributed by atoms with Gasteiger partial charge in [0.1, 0.15) is 11.3 Å². The molecule has 0 fully saturated rings. The van der Waals surface area contributed by atoms with Gasteiger partial charge >= 0.3 is 0 Å². The van der Waals surface area contributed by atoms with E-state index in [4.69, 9.17) is 4.42 Å². The van der Waals surface area contributed by atoms with Crippen LogP contribution in [0.2, 0.25) is 0 Å². The topological polar surface area (TPSA) is 33.4 Å². The normalized spacial score (nSPS) is 10.6. The van der Waals surface area contributed by atoms with Crippen LogP contribution in [-0.4, -0.2) is 5.11 Å². The highest BCUT2D eigenvalue weighted by Gasteiger charge is 2.06. The van der Waals surface area contributed by atoms with Crippen LogP contribution in [0.1, 0.15) is 5.56 Å². The molecule has 0 bridgehead atoms. The highest BCUT2D eigenvalue weighted by molar-refractivity contribution is 9.10. The molecule has 0 saturated heterocycles. The Balaban J connectivity index is 2.63. The van der Waals surface area contributed by atoms with E-state index < -0.39 is 0 Å². The summed E-state index contributed by atoms with van der Waals surface area (Å²) in [5.74, 6) is 0.249. The van der Waals surface area contributed by atoms with Crippen molar-refractivity contribution in [2.24, 2.45) is 0 Å². The van der Waals surface area contributed by atoms with Crippen LogP contribution in [0, 0.1) is 0 Å². The third kappa shape index (κ3) is 1.55. The van der Waals surface area contributed by atoms with E-state index in [2.05, 4.69) is 22.5 Å². The monoisotopic (exact) mass is 252 g/mol. The molecule has 0 aliphatic heterocycles. The predicted molar refractivity (Wildman–Crippen MR) is 59.5 cm³/mol. The number of hydrogen-bond donors (Lipinski definition) is 1. The van der Waals surface area contributed by atoms with Crippen molar-refractivity contribution < 1.29 is 9.52 Å². The third-order valence-corrected chi connectivity index (χ3v) is 2.44. The molecule has 0 aliphatic carbocycles. The average molecular weight is 253 g/mol. The molecule has 0 saturated carbocycles. The van der Waals surface area contributed by atoms with Crippen molar-refractivity contribution in [3.05, 3.63) is 41.1 Å². The fourth-order valence-corrected chi connectivity index (χ4v) is 1.83. The van der Waals surface area contributed by atoms with Gasteiger partial charge < -0.3 is 9.52 Å². The maximum Gasteiger partial charge on any atom is 0.170 e. The Morgan fingerprint density at radius 2 is 2.21 bits per heavy atom. The Hall–Kier alpha value is -1.22. The molecule has 2 aromatic rings. The van der Waals surface area contributed by atoms with Crippen LogP contribution in [-0.2, 0) is 6.42 Å². The van der Waals surface area contributed by atoms with Gasteiger partial charge in [0.2, 0.25) is 0 Å². The number of phenolic OH excluding ortho intramolecular Hbond substituents is 1. The van der Waals surface area contributed by atoms with Gasteiger partial charge in [-0.25, -0.2) is 0 Å². The van der Waals surface area contributed by atoms with E-state index in [0.29, 0.717) is 16.7 Å². The smallest absolute Gasteiger partial charge is 0.170 e. The second kappa shape index (κ2) is 3.50.